The first kappa shape index (κ1) is 24.5. The Morgan fingerprint density at radius 3 is 2.18 bits per heavy atom. The molecular formula is C27H34F2N4. The van der Waals surface area contributed by atoms with Gasteiger partial charge in [0.1, 0.15) is 11.5 Å². The summed E-state index contributed by atoms with van der Waals surface area (Å²) in [6, 6.07) is 19.4. The summed E-state index contributed by atoms with van der Waals surface area (Å²) in [4.78, 5) is 2.36. The van der Waals surface area contributed by atoms with Crippen LogP contribution in [0.1, 0.15) is 37.8 Å². The van der Waals surface area contributed by atoms with Crippen LogP contribution in [-0.4, -0.2) is 13.1 Å². The molecule has 0 atom stereocenters. The van der Waals surface area contributed by atoms with Gasteiger partial charge in [-0.25, -0.2) is 14.6 Å². The first-order valence-corrected chi connectivity index (χ1v) is 11.6. The van der Waals surface area contributed by atoms with Gasteiger partial charge in [0.05, 0.1) is 11.4 Å². The topological polar surface area (TPSA) is 58.5 Å². The quantitative estimate of drug-likeness (QED) is 0.269. The van der Waals surface area contributed by atoms with E-state index in [1.54, 1.807) is 0 Å². The van der Waals surface area contributed by atoms with Crippen molar-refractivity contribution in [1.29, 1.82) is 0 Å². The van der Waals surface area contributed by atoms with Crippen molar-refractivity contribution < 1.29 is 8.78 Å². The van der Waals surface area contributed by atoms with Gasteiger partial charge < -0.3 is 10.6 Å². The van der Waals surface area contributed by atoms with Gasteiger partial charge >= 0.3 is 0 Å². The zero-order chi connectivity index (χ0) is 24.0. The van der Waals surface area contributed by atoms with Crippen LogP contribution in [0.3, 0.4) is 0 Å². The first-order chi connectivity index (χ1) is 15.9. The van der Waals surface area contributed by atoms with Crippen molar-refractivity contribution >= 4 is 22.7 Å². The van der Waals surface area contributed by atoms with Gasteiger partial charge in [-0.1, -0.05) is 44.2 Å². The zero-order valence-electron chi connectivity index (χ0n) is 19.7. The molecule has 0 unspecified atom stereocenters. The molecule has 4 rings (SSSR count). The molecule has 4 N–H and O–H groups in total. The maximum atomic E-state index is 14.6. The summed E-state index contributed by atoms with van der Waals surface area (Å²) in [5.74, 6) is 5.41. The molecular weight excluding hydrogens is 418 g/mol. The van der Waals surface area contributed by atoms with E-state index in [-0.39, 0.29) is 16.9 Å². The third kappa shape index (κ3) is 5.63. The monoisotopic (exact) mass is 452 g/mol. The van der Waals surface area contributed by atoms with E-state index < -0.39 is 11.6 Å². The highest BCUT2D eigenvalue weighted by molar-refractivity contribution is 5.76. The zero-order valence-corrected chi connectivity index (χ0v) is 19.7. The number of nitrogen functional groups attached to an aromatic ring is 1. The smallest absolute Gasteiger partial charge is 0.156 e. The molecule has 0 aromatic heterocycles. The average molecular weight is 453 g/mol. The van der Waals surface area contributed by atoms with Gasteiger partial charge in [-0.3, -0.25) is 5.01 Å². The summed E-state index contributed by atoms with van der Waals surface area (Å²) >= 11 is 0. The maximum Gasteiger partial charge on any atom is 0.156 e. The fourth-order valence-corrected chi connectivity index (χ4v) is 4.26. The van der Waals surface area contributed by atoms with Crippen molar-refractivity contribution in [3.8, 4) is 0 Å². The minimum atomic E-state index is -0.746. The molecule has 1 aliphatic rings. The van der Waals surface area contributed by atoms with E-state index in [0.29, 0.717) is 11.6 Å². The van der Waals surface area contributed by atoms with E-state index in [1.807, 2.05) is 38.1 Å². The summed E-state index contributed by atoms with van der Waals surface area (Å²) in [6.45, 7) is 7.37. The first-order valence-electron chi connectivity index (χ1n) is 11.6. The second kappa shape index (κ2) is 11.1. The third-order valence-corrected chi connectivity index (χ3v) is 6.17. The fourth-order valence-electron chi connectivity index (χ4n) is 4.26. The minimum Gasteiger partial charge on any atom is -0.397 e. The molecule has 33 heavy (non-hydrogen) atoms. The summed E-state index contributed by atoms with van der Waals surface area (Å²) in [5, 5.41) is 1.17. The fraction of sp³-hybridized carbons (Fsp3) is 0.333. The number of benzene rings is 3. The summed E-state index contributed by atoms with van der Waals surface area (Å²) in [6.07, 6.45) is 3.42. The van der Waals surface area contributed by atoms with E-state index in [0.717, 1.165) is 44.1 Å². The Bertz CT molecular complexity index is 1030. The summed E-state index contributed by atoms with van der Waals surface area (Å²) in [7, 11) is 0. The van der Waals surface area contributed by atoms with E-state index in [1.165, 1.54) is 17.5 Å². The van der Waals surface area contributed by atoms with Crippen molar-refractivity contribution in [1.82, 2.24) is 0 Å². The van der Waals surface area contributed by atoms with Crippen LogP contribution in [0.15, 0.2) is 60.7 Å². The number of hydrogen-bond donors (Lipinski definition) is 2. The van der Waals surface area contributed by atoms with Gasteiger partial charge in [-0.2, -0.15) is 0 Å². The molecule has 6 heteroatoms. The molecule has 4 nitrogen and oxygen atoms in total. The molecule has 0 bridgehead atoms. The Kier molecular flexibility index (Phi) is 8.28. The van der Waals surface area contributed by atoms with Crippen molar-refractivity contribution in [3.05, 3.63) is 83.4 Å². The van der Waals surface area contributed by atoms with Crippen LogP contribution in [0.2, 0.25) is 0 Å². The van der Waals surface area contributed by atoms with Crippen LogP contribution >= 0.6 is 0 Å². The SMILES string of the molecule is CC.Cc1c(F)cc(N)c(N(N)c2ccc(N3CCC(Cc4ccccc4)CC3)cc2)c1F. The van der Waals surface area contributed by atoms with E-state index in [4.69, 9.17) is 11.6 Å². The van der Waals surface area contributed by atoms with Crippen LogP contribution in [0.25, 0.3) is 0 Å². The second-order valence-corrected chi connectivity index (χ2v) is 8.24. The van der Waals surface area contributed by atoms with Gasteiger partial charge in [0.25, 0.3) is 0 Å². The number of nitrogens with two attached hydrogens (primary N) is 2. The molecule has 3 aromatic rings. The standard InChI is InChI=1S/C25H28F2N4.C2H6/c1-17-22(26)16-23(28)25(24(17)27)31(29)21-9-7-20(8-10-21)30-13-11-19(12-14-30)15-18-5-3-2-4-6-18;1-2/h2-10,16,19H,11-15,28-29H2,1H3;1-2H3. The highest BCUT2D eigenvalue weighted by Crippen LogP contribution is 2.34. The molecule has 0 radical (unpaired) electrons. The Morgan fingerprint density at radius 2 is 1.58 bits per heavy atom. The van der Waals surface area contributed by atoms with Gasteiger partial charge in [0, 0.05) is 24.3 Å². The maximum absolute atomic E-state index is 14.6. The number of nitrogens with zero attached hydrogens (tertiary/aromatic N) is 2. The van der Waals surface area contributed by atoms with Gasteiger partial charge in [0.2, 0.25) is 0 Å². The predicted octanol–water partition coefficient (Wildman–Crippen LogP) is 6.35. The van der Waals surface area contributed by atoms with Crippen LogP contribution in [0, 0.1) is 24.5 Å². The molecule has 1 aliphatic heterocycles. The molecule has 176 valence electrons. The van der Waals surface area contributed by atoms with Crippen molar-refractivity contribution in [2.45, 2.75) is 40.0 Å². The van der Waals surface area contributed by atoms with Crippen LogP contribution in [-0.2, 0) is 6.42 Å². The van der Waals surface area contributed by atoms with Gasteiger partial charge in [-0.15, -0.1) is 0 Å². The molecule has 1 saturated heterocycles. The molecule has 0 saturated carbocycles. The highest BCUT2D eigenvalue weighted by atomic mass is 19.1. The Morgan fingerprint density at radius 1 is 0.970 bits per heavy atom. The van der Waals surface area contributed by atoms with E-state index in [2.05, 4.69) is 35.2 Å². The Balaban J connectivity index is 0.00000149. The van der Waals surface area contributed by atoms with Crippen molar-refractivity contribution in [3.63, 3.8) is 0 Å². The molecule has 0 amide bonds. The van der Waals surface area contributed by atoms with Crippen LogP contribution in [0.4, 0.5) is 31.5 Å². The molecule has 1 heterocycles. The predicted molar refractivity (Wildman–Crippen MR) is 135 cm³/mol. The largest absolute Gasteiger partial charge is 0.397 e. The van der Waals surface area contributed by atoms with Gasteiger partial charge in [0.15, 0.2) is 5.82 Å². The molecule has 0 spiro atoms. The number of anilines is 4. The summed E-state index contributed by atoms with van der Waals surface area (Å²) < 4.78 is 28.3. The lowest BCUT2D eigenvalue weighted by atomic mass is 9.90. The summed E-state index contributed by atoms with van der Waals surface area (Å²) in [5.41, 5.74) is 8.77. The minimum absolute atomic E-state index is 0.0200. The lowest BCUT2D eigenvalue weighted by molar-refractivity contribution is 0.404. The number of halogens is 2. The Hall–Kier alpha value is -3.12. The number of hydrogen-bond acceptors (Lipinski definition) is 4. The highest BCUT2D eigenvalue weighted by Gasteiger charge is 2.21. The van der Waals surface area contributed by atoms with Crippen LogP contribution in [0.5, 0.6) is 0 Å². The second-order valence-electron chi connectivity index (χ2n) is 8.24. The number of hydrazine groups is 1. The van der Waals surface area contributed by atoms with Crippen molar-refractivity contribution in [2.24, 2.45) is 11.8 Å². The lowest BCUT2D eigenvalue weighted by Crippen LogP contribution is -2.34. The lowest BCUT2D eigenvalue weighted by Gasteiger charge is -2.34. The molecule has 1 fully saturated rings. The van der Waals surface area contributed by atoms with Crippen LogP contribution < -0.4 is 21.5 Å². The van der Waals surface area contributed by atoms with Crippen molar-refractivity contribution in [2.75, 3.05) is 28.7 Å². The Labute approximate surface area is 195 Å². The molecule has 0 aliphatic carbocycles. The normalized spacial score (nSPS) is 13.9. The third-order valence-electron chi connectivity index (χ3n) is 6.17. The average Bonchev–Trinajstić information content (AvgIpc) is 2.85. The van der Waals surface area contributed by atoms with E-state index in [9.17, 15) is 8.78 Å². The van der Waals surface area contributed by atoms with Gasteiger partial charge in [-0.05, 0) is 68.0 Å². The number of piperidine rings is 1. The number of rotatable bonds is 5. The molecule has 3 aromatic carbocycles. The van der Waals surface area contributed by atoms with E-state index >= 15 is 0 Å².